The van der Waals surface area contributed by atoms with Gasteiger partial charge in [0.1, 0.15) is 27.5 Å². The normalized spacial score (nSPS) is 11.1. The second-order valence-electron chi connectivity index (χ2n) is 4.56. The predicted molar refractivity (Wildman–Crippen MR) is 77.5 cm³/mol. The minimum Gasteiger partial charge on any atom is -0.475 e. The van der Waals surface area contributed by atoms with Crippen molar-refractivity contribution in [1.29, 1.82) is 0 Å². The minimum atomic E-state index is -0.373. The maximum Gasteiger partial charge on any atom is 0.348 e. The van der Waals surface area contributed by atoms with Crippen molar-refractivity contribution in [1.82, 2.24) is 14.9 Å². The van der Waals surface area contributed by atoms with Gasteiger partial charge in [-0.25, -0.2) is 14.8 Å². The molecule has 7 heteroatoms. The summed E-state index contributed by atoms with van der Waals surface area (Å²) in [6.45, 7) is 3.19. The van der Waals surface area contributed by atoms with Crippen LogP contribution in [0, 0.1) is 6.92 Å². The molecular formula is C13H17N3O3S. The average molecular weight is 295 g/mol. The number of esters is 1. The van der Waals surface area contributed by atoms with Gasteiger partial charge in [0.05, 0.1) is 7.11 Å². The van der Waals surface area contributed by atoms with Crippen LogP contribution >= 0.6 is 11.3 Å². The highest BCUT2D eigenvalue weighted by atomic mass is 32.1. The number of nitrogens with zero attached hydrogens (tertiary/aromatic N) is 3. The van der Waals surface area contributed by atoms with E-state index in [0.29, 0.717) is 27.7 Å². The van der Waals surface area contributed by atoms with E-state index in [0.717, 1.165) is 12.2 Å². The summed E-state index contributed by atoms with van der Waals surface area (Å²) < 4.78 is 10.3. The second kappa shape index (κ2) is 6.15. The van der Waals surface area contributed by atoms with Crippen LogP contribution in [-0.4, -0.2) is 55.2 Å². The van der Waals surface area contributed by atoms with Gasteiger partial charge in [0, 0.05) is 6.54 Å². The zero-order valence-electron chi connectivity index (χ0n) is 12.0. The van der Waals surface area contributed by atoms with Crippen LogP contribution in [0.15, 0.2) is 6.07 Å². The van der Waals surface area contributed by atoms with E-state index in [-0.39, 0.29) is 5.97 Å². The largest absolute Gasteiger partial charge is 0.475 e. The Morgan fingerprint density at radius 3 is 2.80 bits per heavy atom. The van der Waals surface area contributed by atoms with E-state index in [9.17, 15) is 4.79 Å². The van der Waals surface area contributed by atoms with E-state index in [1.165, 1.54) is 18.4 Å². The highest BCUT2D eigenvalue weighted by molar-refractivity contribution is 7.20. The Balaban J connectivity index is 2.24. The third kappa shape index (κ3) is 3.23. The molecule has 2 rings (SSSR count). The molecule has 108 valence electrons. The Morgan fingerprint density at radius 1 is 1.40 bits per heavy atom. The number of rotatable bonds is 5. The van der Waals surface area contributed by atoms with E-state index < -0.39 is 0 Å². The van der Waals surface area contributed by atoms with Gasteiger partial charge in [0.25, 0.3) is 0 Å². The Morgan fingerprint density at radius 2 is 2.15 bits per heavy atom. The monoisotopic (exact) mass is 295 g/mol. The first kappa shape index (κ1) is 14.7. The highest BCUT2D eigenvalue weighted by Gasteiger charge is 2.14. The molecule has 2 heterocycles. The minimum absolute atomic E-state index is 0.373. The first-order valence-electron chi connectivity index (χ1n) is 6.15. The van der Waals surface area contributed by atoms with Crippen LogP contribution in [0.4, 0.5) is 0 Å². The number of carbonyl (C=O) groups excluding carboxylic acids is 1. The van der Waals surface area contributed by atoms with Gasteiger partial charge in [-0.3, -0.25) is 0 Å². The molecule has 0 N–H and O–H groups in total. The van der Waals surface area contributed by atoms with E-state index in [1.807, 2.05) is 25.9 Å². The molecule has 0 aromatic carbocycles. The van der Waals surface area contributed by atoms with Crippen LogP contribution in [0.3, 0.4) is 0 Å². The standard InChI is InChI=1S/C13H17N3O3S/c1-8-11(19-6-5-16(2)3)15-9-7-10(13(17)18-4)20-12(9)14-8/h7H,5-6H2,1-4H3. The van der Waals surface area contributed by atoms with E-state index in [2.05, 4.69) is 9.97 Å². The maximum atomic E-state index is 11.5. The van der Waals surface area contributed by atoms with Gasteiger partial charge in [-0.1, -0.05) is 0 Å². The van der Waals surface area contributed by atoms with E-state index in [1.54, 1.807) is 6.07 Å². The molecule has 20 heavy (non-hydrogen) atoms. The second-order valence-corrected chi connectivity index (χ2v) is 5.59. The first-order valence-corrected chi connectivity index (χ1v) is 6.97. The van der Waals surface area contributed by atoms with Gasteiger partial charge in [-0.2, -0.15) is 0 Å². The fourth-order valence-corrected chi connectivity index (χ4v) is 2.52. The van der Waals surface area contributed by atoms with Crippen molar-refractivity contribution in [3.63, 3.8) is 0 Å². The molecule has 0 radical (unpaired) electrons. The average Bonchev–Trinajstić information content (AvgIpc) is 2.80. The summed E-state index contributed by atoms with van der Waals surface area (Å²) in [6, 6.07) is 1.68. The molecular weight excluding hydrogens is 278 g/mol. The number of fused-ring (bicyclic) bond motifs is 1. The van der Waals surface area contributed by atoms with Crippen molar-refractivity contribution in [2.24, 2.45) is 0 Å². The molecule has 0 spiro atoms. The van der Waals surface area contributed by atoms with Gasteiger partial charge in [-0.05, 0) is 27.1 Å². The van der Waals surface area contributed by atoms with Crippen LogP contribution in [-0.2, 0) is 4.74 Å². The number of methoxy groups -OCH3 is 1. The molecule has 0 fully saturated rings. The number of aryl methyl sites for hydroxylation is 1. The van der Waals surface area contributed by atoms with Crippen molar-refractivity contribution in [3.8, 4) is 5.88 Å². The Labute approximate surface area is 121 Å². The van der Waals surface area contributed by atoms with Crippen molar-refractivity contribution in [2.75, 3.05) is 34.4 Å². The third-order valence-corrected chi connectivity index (χ3v) is 3.66. The first-order chi connectivity index (χ1) is 9.51. The predicted octanol–water partition coefficient (Wildman–Crippen LogP) is 1.73. The number of ether oxygens (including phenoxy) is 2. The van der Waals surface area contributed by atoms with Crippen LogP contribution in [0.1, 0.15) is 15.4 Å². The van der Waals surface area contributed by atoms with Crippen molar-refractivity contribution < 1.29 is 14.3 Å². The number of thiophene rings is 1. The van der Waals surface area contributed by atoms with Crippen LogP contribution < -0.4 is 4.74 Å². The number of hydrogen-bond acceptors (Lipinski definition) is 7. The van der Waals surface area contributed by atoms with E-state index in [4.69, 9.17) is 9.47 Å². The zero-order chi connectivity index (χ0) is 14.7. The maximum absolute atomic E-state index is 11.5. The van der Waals surface area contributed by atoms with Crippen molar-refractivity contribution >= 4 is 27.7 Å². The molecule has 0 unspecified atom stereocenters. The van der Waals surface area contributed by atoms with Crippen LogP contribution in [0.2, 0.25) is 0 Å². The Bertz CT molecular complexity index is 625. The number of likely N-dealkylation sites (N-methyl/N-ethyl adjacent to an activating group) is 1. The van der Waals surface area contributed by atoms with Gasteiger partial charge in [0.2, 0.25) is 5.88 Å². The lowest BCUT2D eigenvalue weighted by atomic mass is 10.4. The third-order valence-electron chi connectivity index (χ3n) is 2.66. The zero-order valence-corrected chi connectivity index (χ0v) is 12.8. The Hall–Kier alpha value is -1.73. The number of hydrogen-bond donors (Lipinski definition) is 0. The fourth-order valence-electron chi connectivity index (χ4n) is 1.59. The molecule has 0 atom stereocenters. The molecule has 2 aromatic heterocycles. The van der Waals surface area contributed by atoms with Gasteiger partial charge >= 0.3 is 5.97 Å². The summed E-state index contributed by atoms with van der Waals surface area (Å²) in [7, 11) is 5.31. The lowest BCUT2D eigenvalue weighted by Crippen LogP contribution is -2.20. The molecule has 0 bridgehead atoms. The van der Waals surface area contributed by atoms with Gasteiger partial charge in [0.15, 0.2) is 0 Å². The molecule has 0 saturated carbocycles. The lowest BCUT2D eigenvalue weighted by Gasteiger charge is -2.11. The highest BCUT2D eigenvalue weighted by Crippen LogP contribution is 2.26. The Kier molecular flexibility index (Phi) is 4.51. The summed E-state index contributed by atoms with van der Waals surface area (Å²) >= 11 is 1.27. The fraction of sp³-hybridized carbons (Fsp3) is 0.462. The molecule has 2 aromatic rings. The van der Waals surface area contributed by atoms with Crippen LogP contribution in [0.5, 0.6) is 5.88 Å². The SMILES string of the molecule is COC(=O)c1cc2nc(OCCN(C)C)c(C)nc2s1. The molecule has 0 aliphatic rings. The number of carbonyl (C=O) groups is 1. The van der Waals surface area contributed by atoms with E-state index >= 15 is 0 Å². The summed E-state index contributed by atoms with van der Waals surface area (Å²) in [5.74, 6) is 0.135. The molecule has 0 saturated heterocycles. The number of aromatic nitrogens is 2. The summed E-state index contributed by atoms with van der Waals surface area (Å²) in [5, 5.41) is 0. The topological polar surface area (TPSA) is 64.6 Å². The smallest absolute Gasteiger partial charge is 0.348 e. The summed E-state index contributed by atoms with van der Waals surface area (Å²) in [6.07, 6.45) is 0. The molecule has 0 aliphatic carbocycles. The van der Waals surface area contributed by atoms with Crippen LogP contribution in [0.25, 0.3) is 10.3 Å². The van der Waals surface area contributed by atoms with Crippen molar-refractivity contribution in [2.45, 2.75) is 6.92 Å². The molecule has 0 amide bonds. The van der Waals surface area contributed by atoms with Crippen molar-refractivity contribution in [3.05, 3.63) is 16.6 Å². The molecule has 0 aliphatic heterocycles. The van der Waals surface area contributed by atoms with Gasteiger partial charge < -0.3 is 14.4 Å². The van der Waals surface area contributed by atoms with Gasteiger partial charge in [-0.15, -0.1) is 11.3 Å². The molecule has 6 nitrogen and oxygen atoms in total. The lowest BCUT2D eigenvalue weighted by molar-refractivity contribution is 0.0606. The summed E-state index contributed by atoms with van der Waals surface area (Å²) in [4.78, 5) is 23.6. The summed E-state index contributed by atoms with van der Waals surface area (Å²) in [5.41, 5.74) is 1.37. The quantitative estimate of drug-likeness (QED) is 0.783.